The highest BCUT2D eigenvalue weighted by Gasteiger charge is 2.28. The number of rotatable bonds is 6. The predicted octanol–water partition coefficient (Wildman–Crippen LogP) is 17.1. The molecular weight excluding hydrogens is 753 g/mol. The molecule has 0 N–H and O–H groups in total. The molecule has 0 atom stereocenters. The Kier molecular flexibility index (Phi) is 8.28. The van der Waals surface area contributed by atoms with E-state index >= 15 is 0 Å². The molecule has 0 spiro atoms. The van der Waals surface area contributed by atoms with Gasteiger partial charge in [0.25, 0.3) is 0 Å². The second-order valence-electron chi connectivity index (χ2n) is 17.8. The van der Waals surface area contributed by atoms with Gasteiger partial charge in [-0.15, -0.1) is 22.7 Å². The fraction of sp³-hybridized carbons (Fsp3) is 0.143. The number of hydrogen-bond acceptors (Lipinski definition) is 3. The third kappa shape index (κ3) is 5.86. The Balaban J connectivity index is 1.04. The summed E-state index contributed by atoms with van der Waals surface area (Å²) in [6.45, 7) is 11.9. The van der Waals surface area contributed by atoms with Crippen molar-refractivity contribution in [3.63, 3.8) is 0 Å². The zero-order chi connectivity index (χ0) is 40.0. The van der Waals surface area contributed by atoms with E-state index in [2.05, 4.69) is 198 Å². The molecule has 0 unspecified atom stereocenters. The normalized spacial score (nSPS) is 12.6. The van der Waals surface area contributed by atoms with Crippen LogP contribution in [0.15, 0.2) is 168 Å². The highest BCUT2D eigenvalue weighted by atomic mass is 32.1. The van der Waals surface area contributed by atoms with Gasteiger partial charge in [-0.05, 0) is 104 Å². The fourth-order valence-electron chi connectivity index (χ4n) is 9.89. The average molecular weight is 797 g/mol. The number of fused-ring (bicyclic) bond motifs is 9. The van der Waals surface area contributed by atoms with Crippen LogP contribution in [0.2, 0.25) is 0 Å². The van der Waals surface area contributed by atoms with E-state index in [-0.39, 0.29) is 10.8 Å². The molecule has 0 fully saturated rings. The lowest BCUT2D eigenvalue weighted by Gasteiger charge is -2.28. The van der Waals surface area contributed by atoms with Gasteiger partial charge in [-0.1, -0.05) is 162 Å². The first-order valence-electron chi connectivity index (χ1n) is 20.6. The van der Waals surface area contributed by atoms with Crippen LogP contribution in [0, 0.1) is 0 Å². The van der Waals surface area contributed by atoms with Gasteiger partial charge in [-0.2, -0.15) is 0 Å². The van der Waals surface area contributed by atoms with E-state index in [1.165, 1.54) is 101 Å². The SMILES string of the molecule is CC(C)(C)c1c(-c2cccc3oc4ccc(CC(C)(C)c5ccccc5-c5cccc6c5sc5ccccc56)cc4c23)cccc1-c1cccc2sc3ccccc3c12. The van der Waals surface area contributed by atoms with Gasteiger partial charge in [0, 0.05) is 51.1 Å². The van der Waals surface area contributed by atoms with Crippen LogP contribution in [0.5, 0.6) is 0 Å². The molecule has 11 aromatic rings. The Hall–Kier alpha value is -6.00. The summed E-state index contributed by atoms with van der Waals surface area (Å²) in [5.74, 6) is 0. The summed E-state index contributed by atoms with van der Waals surface area (Å²) >= 11 is 3.78. The molecule has 3 heterocycles. The molecule has 0 bridgehead atoms. The van der Waals surface area contributed by atoms with Crippen LogP contribution in [0.3, 0.4) is 0 Å². The second-order valence-corrected chi connectivity index (χ2v) is 19.9. The van der Waals surface area contributed by atoms with Gasteiger partial charge in [-0.25, -0.2) is 0 Å². The summed E-state index contributed by atoms with van der Waals surface area (Å²) in [4.78, 5) is 0. The molecule has 0 aliphatic rings. The van der Waals surface area contributed by atoms with Gasteiger partial charge in [0.2, 0.25) is 0 Å². The first-order chi connectivity index (χ1) is 28.6. The monoisotopic (exact) mass is 796 g/mol. The Morgan fingerprint density at radius 1 is 0.424 bits per heavy atom. The van der Waals surface area contributed by atoms with Crippen molar-refractivity contribution in [2.45, 2.75) is 51.9 Å². The number of thiophene rings is 2. The molecule has 0 amide bonds. The Labute approximate surface area is 353 Å². The minimum atomic E-state index is -0.147. The third-order valence-corrected chi connectivity index (χ3v) is 14.7. The smallest absolute Gasteiger partial charge is 0.136 e. The van der Waals surface area contributed by atoms with Crippen molar-refractivity contribution in [3.8, 4) is 33.4 Å². The van der Waals surface area contributed by atoms with Crippen LogP contribution < -0.4 is 0 Å². The zero-order valence-electron chi connectivity index (χ0n) is 34.0. The van der Waals surface area contributed by atoms with Crippen LogP contribution in [-0.2, 0) is 17.3 Å². The van der Waals surface area contributed by atoms with E-state index in [0.29, 0.717) is 0 Å². The first-order valence-corrected chi connectivity index (χ1v) is 22.3. The molecule has 59 heavy (non-hydrogen) atoms. The maximum Gasteiger partial charge on any atom is 0.136 e. The largest absolute Gasteiger partial charge is 0.456 e. The summed E-state index contributed by atoms with van der Waals surface area (Å²) in [5, 5.41) is 7.69. The zero-order valence-corrected chi connectivity index (χ0v) is 35.7. The topological polar surface area (TPSA) is 13.1 Å². The molecule has 0 aliphatic heterocycles. The quantitative estimate of drug-likeness (QED) is 0.163. The van der Waals surface area contributed by atoms with E-state index in [9.17, 15) is 0 Å². The molecule has 0 radical (unpaired) electrons. The first kappa shape index (κ1) is 36.1. The highest BCUT2D eigenvalue weighted by molar-refractivity contribution is 7.26. The highest BCUT2D eigenvalue weighted by Crippen LogP contribution is 2.48. The van der Waals surface area contributed by atoms with E-state index in [0.717, 1.165) is 17.6 Å². The molecule has 11 rings (SSSR count). The fourth-order valence-corrected chi connectivity index (χ4v) is 12.3. The van der Waals surface area contributed by atoms with Crippen LogP contribution in [0.4, 0.5) is 0 Å². The lowest BCUT2D eigenvalue weighted by molar-refractivity contribution is 0.524. The van der Waals surface area contributed by atoms with Gasteiger partial charge in [0.1, 0.15) is 11.2 Å². The summed E-state index contributed by atoms with van der Waals surface area (Å²) in [5.41, 5.74) is 13.3. The number of hydrogen-bond donors (Lipinski definition) is 0. The van der Waals surface area contributed by atoms with Crippen molar-refractivity contribution in [2.75, 3.05) is 0 Å². The van der Waals surface area contributed by atoms with E-state index in [1.54, 1.807) is 0 Å². The van der Waals surface area contributed by atoms with Gasteiger partial charge in [-0.3, -0.25) is 0 Å². The minimum Gasteiger partial charge on any atom is -0.456 e. The van der Waals surface area contributed by atoms with Crippen molar-refractivity contribution < 1.29 is 4.42 Å². The Morgan fingerprint density at radius 3 is 1.80 bits per heavy atom. The summed E-state index contributed by atoms with van der Waals surface area (Å²) < 4.78 is 12.0. The molecule has 8 aromatic carbocycles. The summed E-state index contributed by atoms with van der Waals surface area (Å²) in [6, 6.07) is 60.7. The van der Waals surface area contributed by atoms with Crippen LogP contribution >= 0.6 is 22.7 Å². The van der Waals surface area contributed by atoms with Crippen LogP contribution in [0.1, 0.15) is 51.3 Å². The Morgan fingerprint density at radius 2 is 1.00 bits per heavy atom. The van der Waals surface area contributed by atoms with Crippen molar-refractivity contribution in [1.82, 2.24) is 0 Å². The maximum absolute atomic E-state index is 6.67. The van der Waals surface area contributed by atoms with Gasteiger partial charge >= 0.3 is 0 Å². The standard InChI is InChI=1S/C56H44OS2/c1-55(2,3)53-39(21-12-22-40(53)38-20-15-29-50-52(38)43-18-8-11-28-49(43)58-50)37-19-14-26-47-51(37)44-32-34(30-31-46(44)57-47)33-56(4,5)45-25-9-6-16-35(45)41-23-13-24-42-36-17-7-10-27-48(36)59-54(41)42/h6-32H,33H2,1-5H3. The number of furan rings is 1. The number of benzene rings is 8. The van der Waals surface area contributed by atoms with Crippen molar-refractivity contribution in [3.05, 3.63) is 180 Å². The van der Waals surface area contributed by atoms with Gasteiger partial charge in [0.15, 0.2) is 0 Å². The summed E-state index contributed by atoms with van der Waals surface area (Å²) in [6.07, 6.45) is 0.887. The molecule has 286 valence electrons. The van der Waals surface area contributed by atoms with E-state index < -0.39 is 0 Å². The third-order valence-electron chi connectivity index (χ3n) is 12.4. The maximum atomic E-state index is 6.67. The lowest BCUT2D eigenvalue weighted by atomic mass is 9.75. The van der Waals surface area contributed by atoms with Crippen molar-refractivity contribution in [1.29, 1.82) is 0 Å². The van der Waals surface area contributed by atoms with Crippen molar-refractivity contribution >= 4 is 85.0 Å². The summed E-state index contributed by atoms with van der Waals surface area (Å²) in [7, 11) is 0. The minimum absolute atomic E-state index is 0.135. The second kappa shape index (κ2) is 13.5. The van der Waals surface area contributed by atoms with Crippen LogP contribution in [-0.4, -0.2) is 0 Å². The van der Waals surface area contributed by atoms with Gasteiger partial charge < -0.3 is 4.42 Å². The van der Waals surface area contributed by atoms with E-state index in [4.69, 9.17) is 4.42 Å². The Bertz CT molecular complexity index is 3430. The average Bonchev–Trinajstić information content (AvgIpc) is 3.94. The van der Waals surface area contributed by atoms with Crippen molar-refractivity contribution in [2.24, 2.45) is 0 Å². The molecule has 3 heteroatoms. The van der Waals surface area contributed by atoms with Gasteiger partial charge in [0.05, 0.1) is 0 Å². The molecule has 1 nitrogen and oxygen atoms in total. The predicted molar refractivity (Wildman–Crippen MR) is 258 cm³/mol. The molecule has 0 aliphatic carbocycles. The van der Waals surface area contributed by atoms with Crippen LogP contribution in [0.25, 0.3) is 95.7 Å². The molecule has 0 saturated carbocycles. The molecule has 3 aromatic heterocycles. The van der Waals surface area contributed by atoms with E-state index in [1.807, 2.05) is 22.7 Å². The molecular formula is C56H44OS2. The lowest BCUT2D eigenvalue weighted by Crippen LogP contribution is -2.21. The molecule has 0 saturated heterocycles.